The Labute approximate surface area is 126 Å². The smallest absolute Gasteiger partial charge is 0.225 e. The SMILES string of the molecule is C[C@@H]1CCC[C@H](C)N1CCC(=O)Nc1ccc(C#N)cc1. The molecule has 112 valence electrons. The van der Waals surface area contributed by atoms with Gasteiger partial charge in [0.2, 0.25) is 5.91 Å². The highest BCUT2D eigenvalue weighted by molar-refractivity contribution is 5.90. The van der Waals surface area contributed by atoms with E-state index in [1.54, 1.807) is 24.3 Å². The van der Waals surface area contributed by atoms with Gasteiger partial charge in [0, 0.05) is 30.7 Å². The van der Waals surface area contributed by atoms with Crippen molar-refractivity contribution >= 4 is 11.6 Å². The van der Waals surface area contributed by atoms with Crippen LogP contribution in [0.1, 0.15) is 45.1 Å². The van der Waals surface area contributed by atoms with E-state index >= 15 is 0 Å². The molecule has 4 heteroatoms. The summed E-state index contributed by atoms with van der Waals surface area (Å²) in [6.07, 6.45) is 4.24. The molecule has 1 fully saturated rings. The van der Waals surface area contributed by atoms with Crippen molar-refractivity contribution in [2.45, 2.75) is 51.6 Å². The Hall–Kier alpha value is -1.86. The highest BCUT2D eigenvalue weighted by Crippen LogP contribution is 2.22. The monoisotopic (exact) mass is 285 g/mol. The number of piperidine rings is 1. The standard InChI is InChI=1S/C17H23N3O/c1-13-4-3-5-14(2)20(13)11-10-17(21)19-16-8-6-15(12-18)7-9-16/h6-9,13-14H,3-5,10-11H2,1-2H3,(H,19,21)/t13-,14+. The molecule has 1 aromatic carbocycles. The zero-order chi connectivity index (χ0) is 15.2. The van der Waals surface area contributed by atoms with Crippen LogP contribution >= 0.6 is 0 Å². The predicted octanol–water partition coefficient (Wildman–Crippen LogP) is 3.15. The van der Waals surface area contributed by atoms with Gasteiger partial charge in [0.25, 0.3) is 0 Å². The molecular formula is C17H23N3O. The van der Waals surface area contributed by atoms with E-state index in [4.69, 9.17) is 5.26 Å². The topological polar surface area (TPSA) is 56.1 Å². The fraction of sp³-hybridized carbons (Fsp3) is 0.529. The quantitative estimate of drug-likeness (QED) is 0.924. The van der Waals surface area contributed by atoms with Gasteiger partial charge >= 0.3 is 0 Å². The van der Waals surface area contributed by atoms with E-state index in [1.807, 2.05) is 0 Å². The second-order valence-corrected chi connectivity index (χ2v) is 5.85. The molecule has 0 unspecified atom stereocenters. The van der Waals surface area contributed by atoms with Crippen LogP contribution in [-0.2, 0) is 4.79 Å². The third-order valence-electron chi connectivity index (χ3n) is 4.27. The molecule has 1 aromatic rings. The second kappa shape index (κ2) is 7.24. The van der Waals surface area contributed by atoms with Crippen LogP contribution < -0.4 is 5.32 Å². The Bertz CT molecular complexity index is 508. The fourth-order valence-electron chi connectivity index (χ4n) is 3.00. The number of rotatable bonds is 4. The molecule has 1 heterocycles. The van der Waals surface area contributed by atoms with Gasteiger partial charge in [0.05, 0.1) is 11.6 Å². The maximum absolute atomic E-state index is 12.0. The summed E-state index contributed by atoms with van der Waals surface area (Å²) in [6.45, 7) is 5.30. The van der Waals surface area contributed by atoms with E-state index in [2.05, 4.69) is 30.1 Å². The Morgan fingerprint density at radius 3 is 2.48 bits per heavy atom. The van der Waals surface area contributed by atoms with Crippen LogP contribution in [0.2, 0.25) is 0 Å². The van der Waals surface area contributed by atoms with Crippen molar-refractivity contribution in [2.24, 2.45) is 0 Å². The lowest BCUT2D eigenvalue weighted by atomic mass is 9.97. The van der Waals surface area contributed by atoms with Crippen molar-refractivity contribution in [3.63, 3.8) is 0 Å². The number of nitriles is 1. The molecule has 2 rings (SSSR count). The summed E-state index contributed by atoms with van der Waals surface area (Å²) < 4.78 is 0. The molecule has 1 aliphatic heterocycles. The van der Waals surface area contributed by atoms with E-state index in [0.717, 1.165) is 12.2 Å². The van der Waals surface area contributed by atoms with E-state index in [-0.39, 0.29) is 5.91 Å². The number of likely N-dealkylation sites (tertiary alicyclic amines) is 1. The summed E-state index contributed by atoms with van der Waals surface area (Å²) in [5.74, 6) is 0.0321. The molecule has 1 aliphatic rings. The van der Waals surface area contributed by atoms with Gasteiger partial charge in [-0.25, -0.2) is 0 Å². The molecule has 1 N–H and O–H groups in total. The zero-order valence-electron chi connectivity index (χ0n) is 12.8. The summed E-state index contributed by atoms with van der Waals surface area (Å²) in [5, 5.41) is 11.6. The molecular weight excluding hydrogens is 262 g/mol. The van der Waals surface area contributed by atoms with Crippen LogP contribution in [0.3, 0.4) is 0 Å². The Balaban J connectivity index is 1.82. The van der Waals surface area contributed by atoms with Gasteiger partial charge in [0.15, 0.2) is 0 Å². The van der Waals surface area contributed by atoms with E-state index in [1.165, 1.54) is 19.3 Å². The average molecular weight is 285 g/mol. The molecule has 0 spiro atoms. The number of carbonyl (C=O) groups excluding carboxylic acids is 1. The summed E-state index contributed by atoms with van der Waals surface area (Å²) in [6, 6.07) is 10.2. The summed E-state index contributed by atoms with van der Waals surface area (Å²) in [7, 11) is 0. The average Bonchev–Trinajstić information content (AvgIpc) is 2.47. The minimum atomic E-state index is 0.0321. The van der Waals surface area contributed by atoms with Gasteiger partial charge in [-0.15, -0.1) is 0 Å². The highest BCUT2D eigenvalue weighted by atomic mass is 16.1. The van der Waals surface area contributed by atoms with Crippen LogP contribution in [0, 0.1) is 11.3 Å². The number of hydrogen-bond acceptors (Lipinski definition) is 3. The van der Waals surface area contributed by atoms with Gasteiger partial charge in [-0.05, 0) is 51.0 Å². The normalized spacial score (nSPS) is 22.5. The van der Waals surface area contributed by atoms with Crippen LogP contribution in [-0.4, -0.2) is 29.4 Å². The van der Waals surface area contributed by atoms with Crippen molar-refractivity contribution in [3.8, 4) is 6.07 Å². The van der Waals surface area contributed by atoms with E-state index in [9.17, 15) is 4.79 Å². The molecule has 0 bridgehead atoms. The predicted molar refractivity (Wildman–Crippen MR) is 83.9 cm³/mol. The largest absolute Gasteiger partial charge is 0.326 e. The maximum Gasteiger partial charge on any atom is 0.225 e. The van der Waals surface area contributed by atoms with Gasteiger partial charge in [-0.2, -0.15) is 5.26 Å². The van der Waals surface area contributed by atoms with E-state index < -0.39 is 0 Å². The maximum atomic E-state index is 12.0. The first kappa shape index (κ1) is 15.5. The summed E-state index contributed by atoms with van der Waals surface area (Å²) in [4.78, 5) is 14.5. The number of carbonyl (C=O) groups is 1. The molecule has 21 heavy (non-hydrogen) atoms. The lowest BCUT2D eigenvalue weighted by Crippen LogP contribution is -2.44. The van der Waals surface area contributed by atoms with Crippen molar-refractivity contribution in [1.29, 1.82) is 5.26 Å². The second-order valence-electron chi connectivity index (χ2n) is 5.85. The lowest BCUT2D eigenvalue weighted by molar-refractivity contribution is -0.116. The minimum absolute atomic E-state index is 0.0321. The Kier molecular flexibility index (Phi) is 5.35. The van der Waals surface area contributed by atoms with Gasteiger partial charge in [0.1, 0.15) is 0 Å². The molecule has 0 aromatic heterocycles. The molecule has 0 saturated carbocycles. The van der Waals surface area contributed by atoms with E-state index in [0.29, 0.717) is 24.1 Å². The first-order valence-electron chi connectivity index (χ1n) is 7.66. The third-order valence-corrected chi connectivity index (χ3v) is 4.27. The third kappa shape index (κ3) is 4.30. The fourth-order valence-corrected chi connectivity index (χ4v) is 3.00. The first-order valence-corrected chi connectivity index (χ1v) is 7.66. The van der Waals surface area contributed by atoms with Gasteiger partial charge in [-0.1, -0.05) is 6.42 Å². The highest BCUT2D eigenvalue weighted by Gasteiger charge is 2.24. The number of nitrogens with one attached hydrogen (secondary N) is 1. The van der Waals surface area contributed by atoms with Crippen LogP contribution in [0.15, 0.2) is 24.3 Å². The molecule has 1 saturated heterocycles. The van der Waals surface area contributed by atoms with Crippen molar-refractivity contribution in [1.82, 2.24) is 4.90 Å². The van der Waals surface area contributed by atoms with Crippen molar-refractivity contribution in [3.05, 3.63) is 29.8 Å². The number of benzene rings is 1. The van der Waals surface area contributed by atoms with Gasteiger partial charge < -0.3 is 5.32 Å². The molecule has 0 aliphatic carbocycles. The zero-order valence-corrected chi connectivity index (χ0v) is 12.8. The lowest BCUT2D eigenvalue weighted by Gasteiger charge is -2.38. The molecule has 2 atom stereocenters. The Morgan fingerprint density at radius 1 is 1.29 bits per heavy atom. The van der Waals surface area contributed by atoms with Crippen molar-refractivity contribution in [2.75, 3.05) is 11.9 Å². The first-order chi connectivity index (χ1) is 10.1. The number of hydrogen-bond donors (Lipinski definition) is 1. The van der Waals surface area contributed by atoms with Crippen LogP contribution in [0.25, 0.3) is 0 Å². The minimum Gasteiger partial charge on any atom is -0.326 e. The Morgan fingerprint density at radius 2 is 1.90 bits per heavy atom. The van der Waals surface area contributed by atoms with Crippen molar-refractivity contribution < 1.29 is 4.79 Å². The number of nitrogens with zero attached hydrogens (tertiary/aromatic N) is 2. The number of amides is 1. The van der Waals surface area contributed by atoms with Crippen LogP contribution in [0.5, 0.6) is 0 Å². The molecule has 0 radical (unpaired) electrons. The van der Waals surface area contributed by atoms with Crippen LogP contribution in [0.4, 0.5) is 5.69 Å². The summed E-state index contributed by atoms with van der Waals surface area (Å²) in [5.41, 5.74) is 1.35. The number of anilines is 1. The summed E-state index contributed by atoms with van der Waals surface area (Å²) >= 11 is 0. The molecule has 1 amide bonds. The molecule has 4 nitrogen and oxygen atoms in total. The van der Waals surface area contributed by atoms with Gasteiger partial charge in [-0.3, -0.25) is 9.69 Å².